The second kappa shape index (κ2) is 7.28. The number of carbonyl (C=O) groups excluding carboxylic acids is 1. The van der Waals surface area contributed by atoms with Crippen LogP contribution < -0.4 is 20.3 Å². The third-order valence-electron chi connectivity index (χ3n) is 6.95. The second-order valence-electron chi connectivity index (χ2n) is 9.46. The number of benzene rings is 2. The molecule has 0 unspecified atom stereocenters. The summed E-state index contributed by atoms with van der Waals surface area (Å²) in [7, 11) is -0.564. The van der Waals surface area contributed by atoms with Crippen LogP contribution in [0.4, 0.5) is 5.69 Å². The number of aryl methyl sites for hydroxylation is 1. The Morgan fingerprint density at radius 3 is 2.42 bits per heavy atom. The van der Waals surface area contributed by atoms with Crippen LogP contribution in [0.15, 0.2) is 30.3 Å². The fraction of sp³-hybridized carbons (Fsp3) is 0.458. The minimum absolute atomic E-state index is 0.0927. The van der Waals surface area contributed by atoms with Gasteiger partial charge in [-0.05, 0) is 76.6 Å². The first-order chi connectivity index (χ1) is 14.8. The SMILES string of the molecule is CC1(C)OB(c2ccc(NC(=O)c3cccc4c3CCCC4)c3c2OCO3)OC1(C)C. The first kappa shape index (κ1) is 20.4. The Balaban J connectivity index is 1.44. The molecule has 1 saturated heterocycles. The van der Waals surface area contributed by atoms with Crippen LogP contribution in [-0.4, -0.2) is 31.0 Å². The molecule has 5 rings (SSSR count). The molecule has 1 amide bonds. The molecule has 0 saturated carbocycles. The van der Waals surface area contributed by atoms with Crippen molar-refractivity contribution in [1.82, 2.24) is 0 Å². The van der Waals surface area contributed by atoms with E-state index in [4.69, 9.17) is 18.8 Å². The van der Waals surface area contributed by atoms with E-state index in [1.54, 1.807) is 0 Å². The van der Waals surface area contributed by atoms with Gasteiger partial charge >= 0.3 is 7.12 Å². The average Bonchev–Trinajstić information content (AvgIpc) is 3.30. The smallest absolute Gasteiger partial charge is 0.454 e. The molecule has 2 aliphatic heterocycles. The van der Waals surface area contributed by atoms with Gasteiger partial charge in [0.2, 0.25) is 6.79 Å². The average molecular weight is 421 g/mol. The zero-order valence-corrected chi connectivity index (χ0v) is 18.5. The summed E-state index contributed by atoms with van der Waals surface area (Å²) in [4.78, 5) is 13.1. The van der Waals surface area contributed by atoms with Gasteiger partial charge in [0.15, 0.2) is 11.5 Å². The van der Waals surface area contributed by atoms with Gasteiger partial charge in [0.05, 0.1) is 16.9 Å². The van der Waals surface area contributed by atoms with Crippen molar-refractivity contribution in [2.75, 3.05) is 12.1 Å². The highest BCUT2D eigenvalue weighted by Crippen LogP contribution is 2.42. The molecule has 0 atom stereocenters. The van der Waals surface area contributed by atoms with Gasteiger partial charge in [0, 0.05) is 11.0 Å². The summed E-state index contributed by atoms with van der Waals surface area (Å²) in [6, 6.07) is 9.70. The molecule has 3 aliphatic rings. The van der Waals surface area contributed by atoms with Crippen LogP contribution in [0.25, 0.3) is 0 Å². The summed E-state index contributed by atoms with van der Waals surface area (Å²) in [5.41, 5.74) is 3.62. The van der Waals surface area contributed by atoms with E-state index >= 15 is 0 Å². The molecule has 2 aromatic carbocycles. The van der Waals surface area contributed by atoms with E-state index < -0.39 is 18.3 Å². The first-order valence-corrected chi connectivity index (χ1v) is 11.0. The van der Waals surface area contributed by atoms with Crippen LogP contribution in [-0.2, 0) is 22.2 Å². The summed E-state index contributed by atoms with van der Waals surface area (Å²) in [6.07, 6.45) is 4.27. The molecule has 6 nitrogen and oxygen atoms in total. The van der Waals surface area contributed by atoms with E-state index in [9.17, 15) is 4.79 Å². The second-order valence-corrected chi connectivity index (χ2v) is 9.46. The van der Waals surface area contributed by atoms with Crippen molar-refractivity contribution in [3.63, 3.8) is 0 Å². The molecule has 0 radical (unpaired) electrons. The summed E-state index contributed by atoms with van der Waals surface area (Å²) in [5, 5.41) is 3.03. The molecule has 1 aliphatic carbocycles. The van der Waals surface area contributed by atoms with Crippen molar-refractivity contribution < 1.29 is 23.6 Å². The van der Waals surface area contributed by atoms with Crippen LogP contribution in [0.5, 0.6) is 11.5 Å². The number of fused-ring (bicyclic) bond motifs is 2. The zero-order chi connectivity index (χ0) is 21.8. The third kappa shape index (κ3) is 3.40. The van der Waals surface area contributed by atoms with Gasteiger partial charge in [-0.3, -0.25) is 4.79 Å². The number of nitrogens with one attached hydrogen (secondary N) is 1. The fourth-order valence-electron chi connectivity index (χ4n) is 4.46. The number of amides is 1. The largest absolute Gasteiger partial charge is 0.498 e. The van der Waals surface area contributed by atoms with Gasteiger partial charge in [-0.1, -0.05) is 18.2 Å². The number of anilines is 1. The van der Waals surface area contributed by atoms with Crippen LogP contribution in [0.3, 0.4) is 0 Å². The van der Waals surface area contributed by atoms with Crippen molar-refractivity contribution in [3.8, 4) is 11.5 Å². The molecule has 0 bridgehead atoms. The van der Waals surface area contributed by atoms with Gasteiger partial charge in [-0.15, -0.1) is 0 Å². The molecule has 7 heteroatoms. The van der Waals surface area contributed by atoms with E-state index in [0.29, 0.717) is 17.2 Å². The Bertz CT molecular complexity index is 1030. The molecule has 2 aromatic rings. The van der Waals surface area contributed by atoms with Gasteiger partial charge in [-0.25, -0.2) is 0 Å². The van der Waals surface area contributed by atoms with Crippen molar-refractivity contribution in [1.29, 1.82) is 0 Å². The lowest BCUT2D eigenvalue weighted by Gasteiger charge is -2.32. The topological polar surface area (TPSA) is 66.0 Å². The lowest BCUT2D eigenvalue weighted by molar-refractivity contribution is 0.00578. The van der Waals surface area contributed by atoms with Crippen molar-refractivity contribution in [2.24, 2.45) is 0 Å². The molecular formula is C24H28BNO5. The summed E-state index contributed by atoms with van der Waals surface area (Å²) in [6.45, 7) is 8.15. The van der Waals surface area contributed by atoms with Crippen molar-refractivity contribution in [2.45, 2.75) is 64.6 Å². The Morgan fingerprint density at radius 1 is 0.935 bits per heavy atom. The van der Waals surface area contributed by atoms with Crippen molar-refractivity contribution >= 4 is 24.2 Å². The standard InChI is InChI=1S/C24H28BNO5/c1-23(2)24(3,4)31-25(30-23)18-12-13-19(21-20(18)28-14-29-21)26-22(27)17-11-7-9-15-8-5-6-10-16(15)17/h7,9,11-13H,5-6,8,10,14H2,1-4H3,(H,26,27). The predicted molar refractivity (Wildman–Crippen MR) is 119 cm³/mol. The number of hydrogen-bond acceptors (Lipinski definition) is 5. The quantitative estimate of drug-likeness (QED) is 0.763. The van der Waals surface area contributed by atoms with Crippen LogP contribution >= 0.6 is 0 Å². The lowest BCUT2D eigenvalue weighted by atomic mass is 9.78. The van der Waals surface area contributed by atoms with Crippen LogP contribution in [0.2, 0.25) is 0 Å². The minimum Gasteiger partial charge on any atom is -0.454 e. The van der Waals surface area contributed by atoms with Crippen LogP contribution in [0, 0.1) is 0 Å². The number of hydrogen-bond donors (Lipinski definition) is 1. The molecule has 2 heterocycles. The first-order valence-electron chi connectivity index (χ1n) is 11.0. The fourth-order valence-corrected chi connectivity index (χ4v) is 4.46. The van der Waals surface area contributed by atoms with Crippen molar-refractivity contribution in [3.05, 3.63) is 47.0 Å². The van der Waals surface area contributed by atoms with E-state index in [1.807, 2.05) is 52.0 Å². The van der Waals surface area contributed by atoms with Gasteiger partial charge in [-0.2, -0.15) is 0 Å². The normalized spacial score (nSPS) is 20.5. The molecule has 0 aromatic heterocycles. The van der Waals surface area contributed by atoms with Gasteiger partial charge in [0.25, 0.3) is 5.91 Å². The molecular weight excluding hydrogens is 393 g/mol. The molecule has 1 N–H and O–H groups in total. The highest BCUT2D eigenvalue weighted by atomic mass is 16.7. The Hall–Kier alpha value is -2.51. The summed E-state index contributed by atoms with van der Waals surface area (Å²) >= 11 is 0. The maximum absolute atomic E-state index is 13.1. The van der Waals surface area contributed by atoms with Gasteiger partial charge in [0.1, 0.15) is 0 Å². The van der Waals surface area contributed by atoms with E-state index in [1.165, 1.54) is 12.0 Å². The maximum Gasteiger partial charge on any atom is 0.498 e. The third-order valence-corrected chi connectivity index (χ3v) is 6.95. The summed E-state index contributed by atoms with van der Waals surface area (Å²) in [5.74, 6) is 0.955. The zero-order valence-electron chi connectivity index (χ0n) is 18.5. The Morgan fingerprint density at radius 2 is 1.65 bits per heavy atom. The Kier molecular flexibility index (Phi) is 4.79. The lowest BCUT2D eigenvalue weighted by Crippen LogP contribution is -2.41. The molecule has 31 heavy (non-hydrogen) atoms. The predicted octanol–water partition coefficient (Wildman–Crippen LogP) is 3.85. The highest BCUT2D eigenvalue weighted by molar-refractivity contribution is 6.63. The molecule has 0 spiro atoms. The van der Waals surface area contributed by atoms with Crippen LogP contribution in [0.1, 0.15) is 62.0 Å². The van der Waals surface area contributed by atoms with E-state index in [0.717, 1.165) is 35.9 Å². The number of carbonyl (C=O) groups is 1. The highest BCUT2D eigenvalue weighted by Gasteiger charge is 2.53. The number of rotatable bonds is 3. The minimum atomic E-state index is -0.564. The Labute approximate surface area is 183 Å². The van der Waals surface area contributed by atoms with Gasteiger partial charge < -0.3 is 24.1 Å². The van der Waals surface area contributed by atoms with E-state index in [-0.39, 0.29) is 12.7 Å². The molecule has 1 fully saturated rings. The van der Waals surface area contributed by atoms with E-state index in [2.05, 4.69) is 11.4 Å². The summed E-state index contributed by atoms with van der Waals surface area (Å²) < 4.78 is 23.9. The maximum atomic E-state index is 13.1. The molecule has 162 valence electrons. The number of ether oxygens (including phenoxy) is 2. The monoisotopic (exact) mass is 421 g/mol.